The van der Waals surface area contributed by atoms with E-state index in [1.807, 2.05) is 0 Å². The van der Waals surface area contributed by atoms with Crippen LogP contribution in [-0.2, 0) is 19.0 Å². The minimum Gasteiger partial charge on any atom is -0.457 e. The van der Waals surface area contributed by atoms with Crippen molar-refractivity contribution in [2.24, 2.45) is 5.92 Å². The second kappa shape index (κ2) is 9.32. The standard InChI is InChI=1S/C15H28O4/c1-4-5-6-7-8-14(16)19-13-10-17-15(18-11-13)9-12(2)3/h12-13,15H,4-11H2,1-3H3. The molecule has 1 aliphatic rings. The minimum atomic E-state index is -0.234. The fraction of sp³-hybridized carbons (Fsp3) is 0.933. The highest BCUT2D eigenvalue weighted by Gasteiger charge is 2.25. The molecule has 0 radical (unpaired) electrons. The lowest BCUT2D eigenvalue weighted by molar-refractivity contribution is -0.230. The predicted molar refractivity (Wildman–Crippen MR) is 73.8 cm³/mol. The first-order chi connectivity index (χ1) is 9.11. The molecule has 0 spiro atoms. The highest BCUT2D eigenvalue weighted by Crippen LogP contribution is 2.16. The Kier molecular flexibility index (Phi) is 8.07. The van der Waals surface area contributed by atoms with E-state index in [2.05, 4.69) is 20.8 Å². The molecule has 19 heavy (non-hydrogen) atoms. The molecule has 1 fully saturated rings. The summed E-state index contributed by atoms with van der Waals surface area (Å²) in [5.74, 6) is 0.415. The van der Waals surface area contributed by atoms with Crippen molar-refractivity contribution >= 4 is 5.97 Å². The molecule has 4 nitrogen and oxygen atoms in total. The van der Waals surface area contributed by atoms with Gasteiger partial charge in [-0.2, -0.15) is 0 Å². The van der Waals surface area contributed by atoms with E-state index >= 15 is 0 Å². The van der Waals surface area contributed by atoms with Gasteiger partial charge in [0.1, 0.15) is 6.10 Å². The highest BCUT2D eigenvalue weighted by atomic mass is 16.7. The van der Waals surface area contributed by atoms with Gasteiger partial charge in [-0.25, -0.2) is 0 Å². The van der Waals surface area contributed by atoms with Gasteiger partial charge in [0.2, 0.25) is 0 Å². The maximum atomic E-state index is 11.6. The second-order valence-corrected chi connectivity index (χ2v) is 5.65. The fourth-order valence-corrected chi connectivity index (χ4v) is 2.06. The van der Waals surface area contributed by atoms with Crippen molar-refractivity contribution in [1.82, 2.24) is 0 Å². The lowest BCUT2D eigenvalue weighted by Crippen LogP contribution is -2.39. The van der Waals surface area contributed by atoms with Gasteiger partial charge < -0.3 is 14.2 Å². The fourth-order valence-electron chi connectivity index (χ4n) is 2.06. The molecule has 0 aromatic rings. The summed E-state index contributed by atoms with van der Waals surface area (Å²) in [5.41, 5.74) is 0. The van der Waals surface area contributed by atoms with Gasteiger partial charge in [0, 0.05) is 12.8 Å². The quantitative estimate of drug-likeness (QED) is 0.502. The Bertz CT molecular complexity index is 245. The molecule has 1 aliphatic heterocycles. The number of ether oxygens (including phenoxy) is 3. The minimum absolute atomic E-state index is 0.129. The van der Waals surface area contributed by atoms with Crippen molar-refractivity contribution in [2.75, 3.05) is 13.2 Å². The molecule has 0 unspecified atom stereocenters. The average molecular weight is 272 g/mol. The van der Waals surface area contributed by atoms with Crippen LogP contribution >= 0.6 is 0 Å². The zero-order valence-corrected chi connectivity index (χ0v) is 12.5. The van der Waals surface area contributed by atoms with Crippen molar-refractivity contribution in [3.8, 4) is 0 Å². The number of hydrogen-bond acceptors (Lipinski definition) is 4. The van der Waals surface area contributed by atoms with Crippen LogP contribution in [0.15, 0.2) is 0 Å². The number of hydrogen-bond donors (Lipinski definition) is 0. The number of unbranched alkanes of at least 4 members (excludes halogenated alkanes) is 3. The normalized spacial score (nSPS) is 23.6. The number of carbonyl (C=O) groups is 1. The lowest BCUT2D eigenvalue weighted by atomic mass is 10.1. The Morgan fingerprint density at radius 2 is 1.89 bits per heavy atom. The topological polar surface area (TPSA) is 44.8 Å². The van der Waals surface area contributed by atoms with Gasteiger partial charge in [0.05, 0.1) is 13.2 Å². The molecule has 0 amide bonds. The molecule has 1 rings (SSSR count). The molecule has 112 valence electrons. The second-order valence-electron chi connectivity index (χ2n) is 5.65. The van der Waals surface area contributed by atoms with Crippen LogP contribution in [0, 0.1) is 5.92 Å². The maximum absolute atomic E-state index is 11.6. The summed E-state index contributed by atoms with van der Waals surface area (Å²) in [6.45, 7) is 7.34. The first kappa shape index (κ1) is 16.4. The summed E-state index contributed by atoms with van der Waals surface area (Å²) in [6, 6.07) is 0. The Hall–Kier alpha value is -0.610. The molecule has 0 aromatic heterocycles. The van der Waals surface area contributed by atoms with Gasteiger partial charge in [-0.1, -0.05) is 40.0 Å². The van der Waals surface area contributed by atoms with Crippen molar-refractivity contribution in [3.63, 3.8) is 0 Å². The summed E-state index contributed by atoms with van der Waals surface area (Å²) in [7, 11) is 0. The van der Waals surface area contributed by atoms with E-state index in [1.165, 1.54) is 12.8 Å². The van der Waals surface area contributed by atoms with Gasteiger partial charge in [0.15, 0.2) is 6.29 Å². The molecule has 0 aromatic carbocycles. The van der Waals surface area contributed by atoms with E-state index in [4.69, 9.17) is 14.2 Å². The predicted octanol–water partition coefficient (Wildman–Crippen LogP) is 3.29. The van der Waals surface area contributed by atoms with E-state index in [0.717, 1.165) is 19.3 Å². The van der Waals surface area contributed by atoms with Crippen molar-refractivity contribution in [2.45, 2.75) is 71.7 Å². The van der Waals surface area contributed by atoms with Crippen LogP contribution < -0.4 is 0 Å². The SMILES string of the molecule is CCCCCCC(=O)OC1COC(CC(C)C)OC1. The Balaban J connectivity index is 2.09. The van der Waals surface area contributed by atoms with E-state index in [9.17, 15) is 4.79 Å². The zero-order valence-electron chi connectivity index (χ0n) is 12.5. The molecular weight excluding hydrogens is 244 g/mol. The highest BCUT2D eigenvalue weighted by molar-refractivity contribution is 5.69. The van der Waals surface area contributed by atoms with Crippen LogP contribution in [0.25, 0.3) is 0 Å². The van der Waals surface area contributed by atoms with Gasteiger partial charge >= 0.3 is 5.97 Å². The first-order valence-electron chi connectivity index (χ1n) is 7.54. The molecule has 0 bridgehead atoms. The number of carbonyl (C=O) groups excluding carboxylic acids is 1. The van der Waals surface area contributed by atoms with E-state index in [1.54, 1.807) is 0 Å². The molecule has 0 N–H and O–H groups in total. The molecule has 4 heteroatoms. The van der Waals surface area contributed by atoms with Gasteiger partial charge in [-0.15, -0.1) is 0 Å². The Morgan fingerprint density at radius 3 is 2.47 bits per heavy atom. The van der Waals surface area contributed by atoms with E-state index < -0.39 is 0 Å². The van der Waals surface area contributed by atoms with E-state index in [0.29, 0.717) is 25.6 Å². The van der Waals surface area contributed by atoms with Crippen LogP contribution in [0.3, 0.4) is 0 Å². The maximum Gasteiger partial charge on any atom is 0.306 e. The molecule has 0 atom stereocenters. The zero-order chi connectivity index (χ0) is 14.1. The van der Waals surface area contributed by atoms with Crippen molar-refractivity contribution in [1.29, 1.82) is 0 Å². The Labute approximate surface area is 116 Å². The molecule has 1 saturated heterocycles. The molecule has 0 saturated carbocycles. The van der Waals surface area contributed by atoms with Gasteiger partial charge in [0.25, 0.3) is 0 Å². The van der Waals surface area contributed by atoms with Gasteiger partial charge in [-0.3, -0.25) is 4.79 Å². The largest absolute Gasteiger partial charge is 0.457 e. The van der Waals surface area contributed by atoms with E-state index in [-0.39, 0.29) is 18.4 Å². The first-order valence-corrected chi connectivity index (χ1v) is 7.54. The van der Waals surface area contributed by atoms with Crippen LogP contribution in [0.1, 0.15) is 59.3 Å². The third-order valence-electron chi connectivity index (χ3n) is 3.13. The van der Waals surface area contributed by atoms with Crippen LogP contribution in [0.5, 0.6) is 0 Å². The third kappa shape index (κ3) is 7.53. The van der Waals surface area contributed by atoms with Crippen LogP contribution in [0.4, 0.5) is 0 Å². The molecule has 1 heterocycles. The van der Waals surface area contributed by atoms with Crippen LogP contribution in [0.2, 0.25) is 0 Å². The summed E-state index contributed by atoms with van der Waals surface area (Å²) >= 11 is 0. The van der Waals surface area contributed by atoms with Crippen molar-refractivity contribution in [3.05, 3.63) is 0 Å². The monoisotopic (exact) mass is 272 g/mol. The smallest absolute Gasteiger partial charge is 0.306 e. The van der Waals surface area contributed by atoms with Crippen molar-refractivity contribution < 1.29 is 19.0 Å². The third-order valence-corrected chi connectivity index (χ3v) is 3.13. The summed E-state index contributed by atoms with van der Waals surface area (Å²) < 4.78 is 16.4. The summed E-state index contributed by atoms with van der Waals surface area (Å²) in [4.78, 5) is 11.6. The summed E-state index contributed by atoms with van der Waals surface area (Å²) in [5, 5.41) is 0. The average Bonchev–Trinajstić information content (AvgIpc) is 2.36. The number of rotatable bonds is 8. The van der Waals surface area contributed by atoms with Gasteiger partial charge in [-0.05, 0) is 12.3 Å². The number of esters is 1. The Morgan fingerprint density at radius 1 is 1.21 bits per heavy atom. The molecule has 0 aliphatic carbocycles. The molecular formula is C15H28O4. The van der Waals surface area contributed by atoms with Crippen LogP contribution in [-0.4, -0.2) is 31.6 Å². The summed E-state index contributed by atoms with van der Waals surface area (Å²) in [6.07, 6.45) is 5.39. The lowest BCUT2D eigenvalue weighted by Gasteiger charge is -2.30.